The summed E-state index contributed by atoms with van der Waals surface area (Å²) < 4.78 is 11.3. The number of rotatable bonds is 7. The summed E-state index contributed by atoms with van der Waals surface area (Å²) in [7, 11) is 4.02. The van der Waals surface area contributed by atoms with E-state index in [1.807, 2.05) is 33.2 Å². The van der Waals surface area contributed by atoms with Gasteiger partial charge in [0, 0.05) is 25.3 Å². The van der Waals surface area contributed by atoms with Crippen molar-refractivity contribution in [3.63, 3.8) is 0 Å². The van der Waals surface area contributed by atoms with Crippen LogP contribution in [-0.4, -0.2) is 27.0 Å². The van der Waals surface area contributed by atoms with Gasteiger partial charge in [-0.05, 0) is 42.8 Å². The number of carbonyl (C=O) groups is 1. The van der Waals surface area contributed by atoms with Crippen LogP contribution in [0.15, 0.2) is 42.5 Å². The maximum atomic E-state index is 10.8. The van der Waals surface area contributed by atoms with Gasteiger partial charge in [0.1, 0.15) is 12.9 Å². The summed E-state index contributed by atoms with van der Waals surface area (Å²) >= 11 is 0. The molecule has 22 heavy (non-hydrogen) atoms. The van der Waals surface area contributed by atoms with Crippen LogP contribution in [-0.2, 0) is 6.61 Å². The second-order valence-corrected chi connectivity index (χ2v) is 5.11. The molecule has 116 valence electrons. The highest BCUT2D eigenvalue weighted by Gasteiger charge is 2.07. The summed E-state index contributed by atoms with van der Waals surface area (Å²) in [6.45, 7) is 2.88. The van der Waals surface area contributed by atoms with E-state index >= 15 is 0 Å². The van der Waals surface area contributed by atoms with E-state index in [1.165, 1.54) is 0 Å². The van der Waals surface area contributed by atoms with E-state index in [-0.39, 0.29) is 0 Å². The van der Waals surface area contributed by atoms with Crippen molar-refractivity contribution in [1.82, 2.24) is 0 Å². The lowest BCUT2D eigenvalue weighted by molar-refractivity contribution is 0.112. The third kappa shape index (κ3) is 4.01. The quantitative estimate of drug-likeness (QED) is 0.733. The molecule has 0 saturated heterocycles. The van der Waals surface area contributed by atoms with Gasteiger partial charge >= 0.3 is 0 Å². The minimum absolute atomic E-state index is 0.453. The highest BCUT2D eigenvalue weighted by molar-refractivity contribution is 5.76. The van der Waals surface area contributed by atoms with Gasteiger partial charge in [0.15, 0.2) is 11.5 Å². The van der Waals surface area contributed by atoms with Crippen molar-refractivity contribution in [2.24, 2.45) is 0 Å². The van der Waals surface area contributed by atoms with Crippen LogP contribution in [0.5, 0.6) is 11.5 Å². The average Bonchev–Trinajstić information content (AvgIpc) is 2.54. The molecule has 0 spiro atoms. The largest absolute Gasteiger partial charge is 0.490 e. The lowest BCUT2D eigenvalue weighted by Crippen LogP contribution is -2.08. The molecular formula is C18H21NO3. The third-order valence-corrected chi connectivity index (χ3v) is 3.25. The van der Waals surface area contributed by atoms with Gasteiger partial charge in [-0.25, -0.2) is 0 Å². The van der Waals surface area contributed by atoms with Gasteiger partial charge in [-0.15, -0.1) is 0 Å². The molecule has 0 aromatic heterocycles. The standard InChI is InChI=1S/C18H21NO3/c1-4-21-18-11-15(12-20)7-10-17(18)22-13-14-5-8-16(9-6-14)19(2)3/h5-12H,4,13H2,1-3H3. The average molecular weight is 299 g/mol. The predicted molar refractivity (Wildman–Crippen MR) is 88.1 cm³/mol. The number of carbonyl (C=O) groups excluding carboxylic acids is 1. The Bertz CT molecular complexity index is 621. The number of hydrogen-bond acceptors (Lipinski definition) is 4. The second-order valence-electron chi connectivity index (χ2n) is 5.11. The Morgan fingerprint density at radius 1 is 1.00 bits per heavy atom. The van der Waals surface area contributed by atoms with Crippen LogP contribution in [0.4, 0.5) is 5.69 Å². The normalized spacial score (nSPS) is 10.1. The molecule has 2 aromatic rings. The van der Waals surface area contributed by atoms with Gasteiger partial charge in [0.25, 0.3) is 0 Å². The van der Waals surface area contributed by atoms with Crippen LogP contribution in [0.1, 0.15) is 22.8 Å². The molecular weight excluding hydrogens is 278 g/mol. The molecule has 2 aromatic carbocycles. The van der Waals surface area contributed by atoms with Crippen LogP contribution in [0, 0.1) is 0 Å². The molecule has 0 amide bonds. The zero-order chi connectivity index (χ0) is 15.9. The van der Waals surface area contributed by atoms with Crippen molar-refractivity contribution in [1.29, 1.82) is 0 Å². The van der Waals surface area contributed by atoms with Crippen molar-refractivity contribution in [3.8, 4) is 11.5 Å². The van der Waals surface area contributed by atoms with E-state index in [2.05, 4.69) is 17.0 Å². The Labute approximate surface area is 131 Å². The molecule has 0 aliphatic rings. The SMILES string of the molecule is CCOc1cc(C=O)ccc1OCc1ccc(N(C)C)cc1. The first-order valence-corrected chi connectivity index (χ1v) is 7.25. The second kappa shape index (κ2) is 7.50. The molecule has 0 unspecified atom stereocenters. The Hall–Kier alpha value is -2.49. The topological polar surface area (TPSA) is 38.8 Å². The van der Waals surface area contributed by atoms with Gasteiger partial charge < -0.3 is 14.4 Å². The van der Waals surface area contributed by atoms with Crippen molar-refractivity contribution in [2.45, 2.75) is 13.5 Å². The van der Waals surface area contributed by atoms with Crippen LogP contribution < -0.4 is 14.4 Å². The minimum atomic E-state index is 0.453. The molecule has 0 aliphatic carbocycles. The summed E-state index contributed by atoms with van der Waals surface area (Å²) in [5, 5.41) is 0. The Kier molecular flexibility index (Phi) is 5.42. The third-order valence-electron chi connectivity index (χ3n) is 3.25. The number of nitrogens with zero attached hydrogens (tertiary/aromatic N) is 1. The Morgan fingerprint density at radius 2 is 1.73 bits per heavy atom. The van der Waals surface area contributed by atoms with Crippen LogP contribution in [0.2, 0.25) is 0 Å². The van der Waals surface area contributed by atoms with E-state index in [1.54, 1.807) is 18.2 Å². The molecule has 0 fully saturated rings. The van der Waals surface area contributed by atoms with Gasteiger partial charge in [-0.2, -0.15) is 0 Å². The Morgan fingerprint density at radius 3 is 2.32 bits per heavy atom. The fourth-order valence-electron chi connectivity index (χ4n) is 2.04. The van der Waals surface area contributed by atoms with E-state index in [0.29, 0.717) is 30.3 Å². The number of hydrogen-bond donors (Lipinski definition) is 0. The minimum Gasteiger partial charge on any atom is -0.490 e. The number of benzene rings is 2. The molecule has 0 atom stereocenters. The van der Waals surface area contributed by atoms with E-state index in [4.69, 9.17) is 9.47 Å². The molecule has 4 nitrogen and oxygen atoms in total. The summed E-state index contributed by atoms with van der Waals surface area (Å²) in [6, 6.07) is 13.4. The van der Waals surface area contributed by atoms with Crippen molar-refractivity contribution in [2.75, 3.05) is 25.6 Å². The van der Waals surface area contributed by atoms with Gasteiger partial charge in [0.05, 0.1) is 6.61 Å². The monoisotopic (exact) mass is 299 g/mol. The number of ether oxygens (including phenoxy) is 2. The first kappa shape index (κ1) is 15.9. The van der Waals surface area contributed by atoms with E-state index in [0.717, 1.165) is 17.5 Å². The first-order chi connectivity index (χ1) is 10.6. The summed E-state index contributed by atoms with van der Waals surface area (Å²) in [5.41, 5.74) is 2.80. The van der Waals surface area contributed by atoms with Crippen LogP contribution in [0.25, 0.3) is 0 Å². The maximum absolute atomic E-state index is 10.8. The molecule has 4 heteroatoms. The maximum Gasteiger partial charge on any atom is 0.161 e. The molecule has 0 radical (unpaired) electrons. The van der Waals surface area contributed by atoms with E-state index in [9.17, 15) is 4.79 Å². The molecule has 0 heterocycles. The van der Waals surface area contributed by atoms with Gasteiger partial charge in [-0.3, -0.25) is 4.79 Å². The summed E-state index contributed by atoms with van der Waals surface area (Å²) in [4.78, 5) is 12.9. The fourth-order valence-corrected chi connectivity index (χ4v) is 2.04. The zero-order valence-corrected chi connectivity index (χ0v) is 13.2. The first-order valence-electron chi connectivity index (χ1n) is 7.25. The van der Waals surface area contributed by atoms with Crippen LogP contribution in [0.3, 0.4) is 0 Å². The molecule has 0 aliphatic heterocycles. The van der Waals surface area contributed by atoms with Crippen molar-refractivity contribution < 1.29 is 14.3 Å². The lowest BCUT2D eigenvalue weighted by Gasteiger charge is -2.14. The summed E-state index contributed by atoms with van der Waals surface area (Å²) in [6.07, 6.45) is 0.798. The van der Waals surface area contributed by atoms with Crippen molar-refractivity contribution >= 4 is 12.0 Å². The predicted octanol–water partition coefficient (Wildman–Crippen LogP) is 3.54. The molecule has 0 bridgehead atoms. The smallest absolute Gasteiger partial charge is 0.161 e. The fraction of sp³-hybridized carbons (Fsp3) is 0.278. The van der Waals surface area contributed by atoms with E-state index < -0.39 is 0 Å². The summed E-state index contributed by atoms with van der Waals surface area (Å²) in [5.74, 6) is 1.24. The molecule has 0 N–H and O–H groups in total. The lowest BCUT2D eigenvalue weighted by atomic mass is 10.2. The molecule has 2 rings (SSSR count). The Balaban J connectivity index is 2.08. The zero-order valence-electron chi connectivity index (χ0n) is 13.2. The highest BCUT2D eigenvalue weighted by Crippen LogP contribution is 2.29. The highest BCUT2D eigenvalue weighted by atomic mass is 16.5. The van der Waals surface area contributed by atoms with Gasteiger partial charge in [0.2, 0.25) is 0 Å². The van der Waals surface area contributed by atoms with Crippen LogP contribution >= 0.6 is 0 Å². The van der Waals surface area contributed by atoms with Gasteiger partial charge in [-0.1, -0.05) is 12.1 Å². The number of aldehydes is 1. The molecule has 0 saturated carbocycles. The number of anilines is 1. The van der Waals surface area contributed by atoms with Crippen molar-refractivity contribution in [3.05, 3.63) is 53.6 Å².